The van der Waals surface area contributed by atoms with Gasteiger partial charge in [0.1, 0.15) is 0 Å². The summed E-state index contributed by atoms with van der Waals surface area (Å²) >= 11 is 0. The van der Waals surface area contributed by atoms with E-state index in [0.717, 1.165) is 0 Å². The van der Waals surface area contributed by atoms with Gasteiger partial charge in [-0.1, -0.05) is 5.47 Å². The molecule has 0 saturated heterocycles. The SMILES string of the molecule is C=C(BC#N)CCC(=O)O. The molecule has 1 N–H and O–H groups in total. The van der Waals surface area contributed by atoms with Crippen molar-refractivity contribution < 1.29 is 9.90 Å². The zero-order valence-electron chi connectivity index (χ0n) is 5.63. The van der Waals surface area contributed by atoms with Crippen LogP contribution < -0.4 is 0 Å². The zero-order valence-corrected chi connectivity index (χ0v) is 5.63. The number of aliphatic carboxylic acids is 1. The molecule has 0 heterocycles. The smallest absolute Gasteiger partial charge is 0.303 e. The predicted molar refractivity (Wildman–Crippen MR) is 38.8 cm³/mol. The van der Waals surface area contributed by atoms with Crippen LogP contribution in [0.3, 0.4) is 0 Å². The quantitative estimate of drug-likeness (QED) is 0.566. The molecule has 0 aromatic rings. The number of carbonyl (C=O) groups is 1. The zero-order chi connectivity index (χ0) is 7.98. The average molecular weight is 137 g/mol. The van der Waals surface area contributed by atoms with Crippen molar-refractivity contribution in [1.82, 2.24) is 0 Å². The van der Waals surface area contributed by atoms with Gasteiger partial charge in [-0.2, -0.15) is 0 Å². The third-order valence-corrected chi connectivity index (χ3v) is 1.02. The van der Waals surface area contributed by atoms with Gasteiger partial charge < -0.3 is 5.11 Å². The maximum atomic E-state index is 9.98. The highest BCUT2D eigenvalue weighted by Crippen LogP contribution is 1.98. The molecule has 10 heavy (non-hydrogen) atoms. The third-order valence-electron chi connectivity index (χ3n) is 1.02. The molecule has 0 fully saturated rings. The topological polar surface area (TPSA) is 61.1 Å². The Bertz CT molecular complexity index is 183. The van der Waals surface area contributed by atoms with Crippen molar-refractivity contribution in [2.45, 2.75) is 12.8 Å². The highest BCUT2D eigenvalue weighted by molar-refractivity contribution is 6.53. The summed E-state index contributed by atoms with van der Waals surface area (Å²) in [5, 5.41) is 16.4. The van der Waals surface area contributed by atoms with Gasteiger partial charge in [-0.15, -0.1) is 6.58 Å². The van der Waals surface area contributed by atoms with Crippen molar-refractivity contribution in [3.8, 4) is 5.97 Å². The molecule has 0 saturated carbocycles. The highest BCUT2D eigenvalue weighted by Gasteiger charge is 1.99. The first kappa shape index (κ1) is 8.76. The Balaban J connectivity index is 3.42. The van der Waals surface area contributed by atoms with Gasteiger partial charge in [0, 0.05) is 12.4 Å². The molecule has 0 aliphatic rings. The Hall–Kier alpha value is -1.24. The summed E-state index contributed by atoms with van der Waals surface area (Å²) < 4.78 is 0. The number of hydrogen-bond donors (Lipinski definition) is 1. The van der Waals surface area contributed by atoms with Crippen molar-refractivity contribution in [2.24, 2.45) is 0 Å². The Morgan fingerprint density at radius 2 is 2.30 bits per heavy atom. The van der Waals surface area contributed by atoms with Gasteiger partial charge in [-0.3, -0.25) is 4.79 Å². The molecule has 0 radical (unpaired) electrons. The van der Waals surface area contributed by atoms with Gasteiger partial charge in [0.05, 0.1) is 0 Å². The van der Waals surface area contributed by atoms with E-state index in [4.69, 9.17) is 10.4 Å². The van der Waals surface area contributed by atoms with Crippen LogP contribution in [0.2, 0.25) is 0 Å². The van der Waals surface area contributed by atoms with Crippen LogP contribution in [0.4, 0.5) is 0 Å². The molecule has 0 rings (SSSR count). The molecule has 3 nitrogen and oxygen atoms in total. The lowest BCUT2D eigenvalue weighted by molar-refractivity contribution is -0.136. The molecule has 0 aliphatic heterocycles. The number of rotatable bonds is 4. The molecule has 0 atom stereocenters. The van der Waals surface area contributed by atoms with E-state index >= 15 is 0 Å². The highest BCUT2D eigenvalue weighted by atomic mass is 16.4. The summed E-state index contributed by atoms with van der Waals surface area (Å²) in [5.41, 5.74) is 0.685. The van der Waals surface area contributed by atoms with E-state index in [-0.39, 0.29) is 13.7 Å². The summed E-state index contributed by atoms with van der Waals surface area (Å²) in [6.45, 7) is 3.53. The number of carboxylic acids is 1. The number of allylic oxidation sites excluding steroid dienone is 1. The van der Waals surface area contributed by atoms with Crippen LogP contribution >= 0.6 is 0 Å². The fourth-order valence-electron chi connectivity index (χ4n) is 0.484. The van der Waals surface area contributed by atoms with E-state index in [9.17, 15) is 4.79 Å². The summed E-state index contributed by atoms with van der Waals surface area (Å²) in [4.78, 5) is 9.98. The Labute approximate surface area is 60.2 Å². The van der Waals surface area contributed by atoms with Gasteiger partial charge in [0.2, 0.25) is 0 Å². The first-order chi connectivity index (χ1) is 4.66. The minimum absolute atomic E-state index is 0.0700. The van der Waals surface area contributed by atoms with Crippen LogP contribution in [-0.4, -0.2) is 18.4 Å². The molecule has 0 spiro atoms. The maximum absolute atomic E-state index is 9.98. The summed E-state index contributed by atoms with van der Waals surface area (Å²) in [7, 11) is 0.257. The van der Waals surface area contributed by atoms with E-state index in [1.54, 1.807) is 0 Å². The standard InChI is InChI=1S/C6H8BNO2/c1-5(7-4-8)2-3-6(9)10/h7H,1-3H2,(H,9,10). The first-order valence-corrected chi connectivity index (χ1v) is 2.92. The number of carboxylic acid groups (broad SMARTS) is 1. The van der Waals surface area contributed by atoms with Crippen molar-refractivity contribution in [3.63, 3.8) is 0 Å². The van der Waals surface area contributed by atoms with E-state index < -0.39 is 5.97 Å². The van der Waals surface area contributed by atoms with Crippen LogP contribution in [0.15, 0.2) is 12.1 Å². The molecule has 4 heteroatoms. The molecule has 0 amide bonds. The predicted octanol–water partition coefficient (Wildman–Crippen LogP) is 0.282. The van der Waals surface area contributed by atoms with E-state index in [2.05, 4.69) is 6.58 Å². The van der Waals surface area contributed by atoms with Crippen molar-refractivity contribution in [3.05, 3.63) is 12.1 Å². The fourth-order valence-corrected chi connectivity index (χ4v) is 0.484. The molecular weight excluding hydrogens is 129 g/mol. The van der Waals surface area contributed by atoms with Gasteiger partial charge in [-0.25, -0.2) is 5.26 Å². The Kier molecular flexibility index (Phi) is 4.05. The molecule has 0 aromatic carbocycles. The normalized spacial score (nSPS) is 7.90. The van der Waals surface area contributed by atoms with Gasteiger partial charge >= 0.3 is 5.97 Å². The average Bonchev–Trinajstić information content (AvgIpc) is 1.85. The summed E-state index contributed by atoms with van der Waals surface area (Å²) in [6.07, 6.45) is 0.476. The molecule has 52 valence electrons. The van der Waals surface area contributed by atoms with Crippen molar-refractivity contribution in [1.29, 1.82) is 5.26 Å². The fraction of sp³-hybridized carbons (Fsp3) is 0.333. The van der Waals surface area contributed by atoms with Crippen LogP contribution in [0.5, 0.6) is 0 Å². The monoisotopic (exact) mass is 137 g/mol. The lowest BCUT2D eigenvalue weighted by Crippen LogP contribution is -1.98. The van der Waals surface area contributed by atoms with E-state index in [1.807, 2.05) is 5.97 Å². The first-order valence-electron chi connectivity index (χ1n) is 2.92. The molecule has 0 aromatic heterocycles. The third kappa shape index (κ3) is 4.91. The Morgan fingerprint density at radius 1 is 1.70 bits per heavy atom. The summed E-state index contributed by atoms with van der Waals surface area (Å²) in [6, 6.07) is 0. The molecular formula is C6H8BNO2. The van der Waals surface area contributed by atoms with Crippen molar-refractivity contribution >= 4 is 13.2 Å². The second-order valence-corrected chi connectivity index (χ2v) is 1.98. The van der Waals surface area contributed by atoms with Crippen LogP contribution in [0.25, 0.3) is 0 Å². The lowest BCUT2D eigenvalue weighted by Gasteiger charge is -1.93. The minimum atomic E-state index is -0.848. The number of nitrogens with zero attached hydrogens (tertiary/aromatic N) is 1. The second-order valence-electron chi connectivity index (χ2n) is 1.98. The van der Waals surface area contributed by atoms with Crippen LogP contribution in [-0.2, 0) is 4.79 Å². The maximum Gasteiger partial charge on any atom is 0.303 e. The van der Waals surface area contributed by atoms with E-state index in [0.29, 0.717) is 11.9 Å². The van der Waals surface area contributed by atoms with Gasteiger partial charge in [-0.05, 0) is 6.42 Å². The van der Waals surface area contributed by atoms with Crippen molar-refractivity contribution in [2.75, 3.05) is 0 Å². The second kappa shape index (κ2) is 4.63. The Morgan fingerprint density at radius 3 is 2.70 bits per heavy atom. The molecule has 0 aliphatic carbocycles. The largest absolute Gasteiger partial charge is 0.481 e. The number of hydrogen-bond acceptors (Lipinski definition) is 2. The van der Waals surface area contributed by atoms with Crippen LogP contribution in [0.1, 0.15) is 12.8 Å². The lowest BCUT2D eigenvalue weighted by atomic mass is 9.71. The summed E-state index contributed by atoms with van der Waals surface area (Å²) in [5.74, 6) is 1.05. The molecule has 0 bridgehead atoms. The van der Waals surface area contributed by atoms with Gasteiger partial charge in [0.15, 0.2) is 0 Å². The van der Waals surface area contributed by atoms with Crippen LogP contribution in [0, 0.1) is 11.2 Å². The number of nitriles is 1. The molecule has 0 unspecified atom stereocenters. The van der Waals surface area contributed by atoms with E-state index in [1.165, 1.54) is 0 Å². The minimum Gasteiger partial charge on any atom is -0.481 e. The van der Waals surface area contributed by atoms with Gasteiger partial charge in [0.25, 0.3) is 7.28 Å².